The van der Waals surface area contributed by atoms with Gasteiger partial charge in [-0.25, -0.2) is 4.98 Å². The second-order valence-electron chi connectivity index (χ2n) is 7.59. The second kappa shape index (κ2) is 8.81. The molecule has 0 unspecified atom stereocenters. The van der Waals surface area contributed by atoms with Gasteiger partial charge in [-0.1, -0.05) is 41.9 Å². The Kier molecular flexibility index (Phi) is 5.93. The summed E-state index contributed by atoms with van der Waals surface area (Å²) < 4.78 is 0. The van der Waals surface area contributed by atoms with E-state index in [4.69, 9.17) is 11.6 Å². The third-order valence-electron chi connectivity index (χ3n) is 5.45. The van der Waals surface area contributed by atoms with Crippen LogP contribution in [0.2, 0.25) is 5.02 Å². The molecule has 0 aliphatic rings. The highest BCUT2D eigenvalue weighted by molar-refractivity contribution is 6.30. The highest BCUT2D eigenvalue weighted by Gasteiger charge is 2.19. The lowest BCUT2D eigenvalue weighted by atomic mass is 9.90. The molecule has 3 aromatic carbocycles. The first-order valence-corrected chi connectivity index (χ1v) is 10.5. The van der Waals surface area contributed by atoms with Crippen molar-refractivity contribution in [1.82, 2.24) is 4.98 Å². The quantitative estimate of drug-likeness (QED) is 0.424. The molecule has 4 aromatic rings. The molecule has 0 bridgehead atoms. The van der Waals surface area contributed by atoms with Crippen LogP contribution >= 0.6 is 11.6 Å². The Labute approximate surface area is 190 Å². The predicted molar refractivity (Wildman–Crippen MR) is 127 cm³/mol. The molecule has 1 aromatic heterocycles. The Hall–Kier alpha value is -3.70. The van der Waals surface area contributed by atoms with Gasteiger partial charge >= 0.3 is 5.97 Å². The maximum Gasteiger partial charge on any atom is 0.307 e. The highest BCUT2D eigenvalue weighted by Crippen LogP contribution is 2.35. The molecule has 6 heteroatoms. The number of carboxylic acids is 1. The molecule has 1 heterocycles. The average Bonchev–Trinajstić information content (AvgIpc) is 2.79. The minimum absolute atomic E-state index is 0.114. The van der Waals surface area contributed by atoms with E-state index >= 15 is 0 Å². The van der Waals surface area contributed by atoms with Crippen molar-refractivity contribution in [2.45, 2.75) is 13.3 Å². The number of amides is 1. The zero-order valence-electron chi connectivity index (χ0n) is 17.7. The van der Waals surface area contributed by atoms with Crippen LogP contribution in [0.4, 0.5) is 5.69 Å². The fourth-order valence-corrected chi connectivity index (χ4v) is 3.96. The molecule has 32 heavy (non-hydrogen) atoms. The van der Waals surface area contributed by atoms with Gasteiger partial charge in [-0.15, -0.1) is 0 Å². The number of halogens is 1. The number of aryl methyl sites for hydroxylation is 1. The van der Waals surface area contributed by atoms with Crippen LogP contribution in [-0.4, -0.2) is 29.0 Å². The Morgan fingerprint density at radius 1 is 1.00 bits per heavy atom. The standard InChI is InChI=1S/C26H21ClN2O3/c1-16-14-23-20(25(21(16)15-24(30)31)17-8-10-18(27)11-9-17)12-13-22(28-23)26(32)29(2)19-6-4-3-5-7-19/h3-14H,15H2,1-2H3,(H,30,31). The summed E-state index contributed by atoms with van der Waals surface area (Å²) in [5, 5.41) is 10.9. The largest absolute Gasteiger partial charge is 0.481 e. The molecule has 1 amide bonds. The molecular weight excluding hydrogens is 424 g/mol. The van der Waals surface area contributed by atoms with Gasteiger partial charge in [-0.2, -0.15) is 0 Å². The minimum atomic E-state index is -0.910. The lowest BCUT2D eigenvalue weighted by Crippen LogP contribution is -2.27. The van der Waals surface area contributed by atoms with Crippen LogP contribution in [0.5, 0.6) is 0 Å². The first-order chi connectivity index (χ1) is 15.3. The Balaban J connectivity index is 1.86. The zero-order valence-corrected chi connectivity index (χ0v) is 18.4. The maximum atomic E-state index is 13.0. The summed E-state index contributed by atoms with van der Waals surface area (Å²) in [6.07, 6.45) is -0.114. The normalized spacial score (nSPS) is 10.8. The Morgan fingerprint density at radius 2 is 1.69 bits per heavy atom. The van der Waals surface area contributed by atoms with Crippen molar-refractivity contribution in [3.8, 4) is 11.1 Å². The Bertz CT molecular complexity index is 1320. The number of hydrogen-bond donors (Lipinski definition) is 1. The van der Waals surface area contributed by atoms with Gasteiger partial charge < -0.3 is 10.0 Å². The van der Waals surface area contributed by atoms with E-state index in [0.717, 1.165) is 33.3 Å². The van der Waals surface area contributed by atoms with Crippen molar-refractivity contribution in [3.63, 3.8) is 0 Å². The van der Waals surface area contributed by atoms with Crippen molar-refractivity contribution in [1.29, 1.82) is 0 Å². The molecule has 4 rings (SSSR count). The summed E-state index contributed by atoms with van der Waals surface area (Å²) in [7, 11) is 1.71. The fraction of sp³-hybridized carbons (Fsp3) is 0.115. The van der Waals surface area contributed by atoms with Crippen LogP contribution < -0.4 is 4.90 Å². The van der Waals surface area contributed by atoms with E-state index in [2.05, 4.69) is 4.98 Å². The summed E-state index contributed by atoms with van der Waals surface area (Å²) >= 11 is 6.06. The zero-order chi connectivity index (χ0) is 22.8. The number of carbonyl (C=O) groups is 2. The number of benzene rings is 3. The van der Waals surface area contributed by atoms with Crippen molar-refractivity contribution >= 4 is 40.1 Å². The van der Waals surface area contributed by atoms with Crippen LogP contribution in [0, 0.1) is 6.92 Å². The summed E-state index contributed by atoms with van der Waals surface area (Å²) in [6, 6.07) is 22.0. The molecule has 160 valence electrons. The monoisotopic (exact) mass is 444 g/mol. The topological polar surface area (TPSA) is 70.5 Å². The van der Waals surface area contributed by atoms with Crippen molar-refractivity contribution in [2.24, 2.45) is 0 Å². The smallest absolute Gasteiger partial charge is 0.307 e. The Morgan fingerprint density at radius 3 is 2.34 bits per heavy atom. The van der Waals surface area contributed by atoms with Crippen molar-refractivity contribution in [2.75, 3.05) is 11.9 Å². The van der Waals surface area contributed by atoms with Gasteiger partial charge in [0.25, 0.3) is 5.91 Å². The number of hydrogen-bond acceptors (Lipinski definition) is 3. The second-order valence-corrected chi connectivity index (χ2v) is 8.02. The molecule has 0 saturated carbocycles. The number of rotatable bonds is 5. The molecule has 0 fully saturated rings. The third kappa shape index (κ3) is 4.20. The number of carbonyl (C=O) groups excluding carboxylic acids is 1. The fourth-order valence-electron chi connectivity index (χ4n) is 3.83. The summed E-state index contributed by atoms with van der Waals surface area (Å²) in [5.74, 6) is -1.13. The first-order valence-electron chi connectivity index (χ1n) is 10.1. The molecule has 0 saturated heterocycles. The lowest BCUT2D eigenvalue weighted by Gasteiger charge is -2.18. The van der Waals surface area contributed by atoms with Gasteiger partial charge in [0.15, 0.2) is 0 Å². The van der Waals surface area contributed by atoms with E-state index in [9.17, 15) is 14.7 Å². The SMILES string of the molecule is Cc1cc2nc(C(=O)N(C)c3ccccc3)ccc2c(-c2ccc(Cl)cc2)c1CC(=O)O. The van der Waals surface area contributed by atoms with E-state index in [-0.39, 0.29) is 12.3 Å². The van der Waals surface area contributed by atoms with E-state index in [1.54, 1.807) is 30.1 Å². The number of anilines is 1. The first kappa shape index (κ1) is 21.5. The van der Waals surface area contributed by atoms with Crippen LogP contribution in [-0.2, 0) is 11.2 Å². The number of fused-ring (bicyclic) bond motifs is 1. The maximum absolute atomic E-state index is 13.0. The number of aliphatic carboxylic acids is 1. The molecule has 0 atom stereocenters. The molecule has 5 nitrogen and oxygen atoms in total. The van der Waals surface area contributed by atoms with Crippen LogP contribution in [0.15, 0.2) is 72.8 Å². The predicted octanol–water partition coefficient (Wildman–Crippen LogP) is 5.77. The van der Waals surface area contributed by atoms with E-state index in [1.807, 2.05) is 61.5 Å². The summed E-state index contributed by atoms with van der Waals surface area (Å²) in [5.41, 5.74) is 4.89. The number of carboxylic acid groups (broad SMARTS) is 1. The third-order valence-corrected chi connectivity index (χ3v) is 5.71. The summed E-state index contributed by atoms with van der Waals surface area (Å²) in [6.45, 7) is 1.86. The van der Waals surface area contributed by atoms with Crippen LogP contribution in [0.1, 0.15) is 21.6 Å². The van der Waals surface area contributed by atoms with Gasteiger partial charge in [0.2, 0.25) is 0 Å². The van der Waals surface area contributed by atoms with Crippen molar-refractivity contribution < 1.29 is 14.7 Å². The van der Waals surface area contributed by atoms with Gasteiger partial charge in [0, 0.05) is 23.1 Å². The van der Waals surface area contributed by atoms with E-state index in [1.165, 1.54) is 0 Å². The molecule has 0 spiro atoms. The molecule has 1 N–H and O–H groups in total. The average molecular weight is 445 g/mol. The lowest BCUT2D eigenvalue weighted by molar-refractivity contribution is -0.136. The molecule has 0 aliphatic carbocycles. The molecular formula is C26H21ClN2O3. The van der Waals surface area contributed by atoms with Crippen LogP contribution in [0.3, 0.4) is 0 Å². The van der Waals surface area contributed by atoms with Crippen molar-refractivity contribution in [3.05, 3.63) is 94.6 Å². The van der Waals surface area contributed by atoms with Gasteiger partial charge in [0.05, 0.1) is 11.9 Å². The number of para-hydroxylation sites is 1. The van der Waals surface area contributed by atoms with Crippen LogP contribution in [0.25, 0.3) is 22.0 Å². The number of nitrogens with zero attached hydrogens (tertiary/aromatic N) is 2. The van der Waals surface area contributed by atoms with E-state index < -0.39 is 5.97 Å². The molecule has 0 radical (unpaired) electrons. The van der Waals surface area contributed by atoms with Gasteiger partial charge in [-0.05, 0) is 71.6 Å². The number of aromatic nitrogens is 1. The van der Waals surface area contributed by atoms with Gasteiger partial charge in [0.1, 0.15) is 5.69 Å². The molecule has 0 aliphatic heterocycles. The van der Waals surface area contributed by atoms with E-state index in [0.29, 0.717) is 16.2 Å². The van der Waals surface area contributed by atoms with Gasteiger partial charge in [-0.3, -0.25) is 9.59 Å². The minimum Gasteiger partial charge on any atom is -0.481 e. The number of pyridine rings is 1. The summed E-state index contributed by atoms with van der Waals surface area (Å²) in [4.78, 5) is 30.8. The highest BCUT2D eigenvalue weighted by atomic mass is 35.5.